The summed E-state index contributed by atoms with van der Waals surface area (Å²) >= 11 is 0. The fourth-order valence-corrected chi connectivity index (χ4v) is 2.36. The molecule has 4 heteroatoms. The van der Waals surface area contributed by atoms with Crippen molar-refractivity contribution in [3.05, 3.63) is 29.8 Å². The van der Waals surface area contributed by atoms with Gasteiger partial charge in [0.25, 0.3) is 0 Å². The van der Waals surface area contributed by atoms with Crippen molar-refractivity contribution in [1.82, 2.24) is 4.90 Å². The first-order valence-corrected chi connectivity index (χ1v) is 6.92. The molecule has 4 nitrogen and oxygen atoms in total. The maximum atomic E-state index is 11.9. The van der Waals surface area contributed by atoms with Gasteiger partial charge in [-0.15, -0.1) is 0 Å². The molecule has 0 radical (unpaired) electrons. The summed E-state index contributed by atoms with van der Waals surface area (Å²) in [6.07, 6.45) is 0.983. The molecule has 1 fully saturated rings. The zero-order valence-corrected chi connectivity index (χ0v) is 11.7. The van der Waals surface area contributed by atoms with Crippen LogP contribution in [-0.4, -0.2) is 36.5 Å². The van der Waals surface area contributed by atoms with Crippen LogP contribution in [0.25, 0.3) is 0 Å². The zero-order chi connectivity index (χ0) is 13.8. The molecule has 0 aromatic heterocycles. The number of likely N-dealkylation sites (tertiary alicyclic amines) is 1. The second kappa shape index (κ2) is 6.17. The highest BCUT2D eigenvalue weighted by molar-refractivity contribution is 5.92. The van der Waals surface area contributed by atoms with Crippen LogP contribution in [0.3, 0.4) is 0 Å². The molecule has 1 atom stereocenters. The number of anilines is 1. The molecule has 104 valence electrons. The smallest absolute Gasteiger partial charge is 0.238 e. The number of benzene rings is 1. The van der Waals surface area contributed by atoms with Gasteiger partial charge in [-0.25, -0.2) is 0 Å². The largest absolute Gasteiger partial charge is 0.326 e. The molecule has 1 aromatic carbocycles. The SMILES string of the molecule is CC(C)c1ccc(NC(=O)CN2CC[C@H](N)C2)cc1. The molecule has 0 saturated carbocycles. The predicted molar refractivity (Wildman–Crippen MR) is 78.2 cm³/mol. The third kappa shape index (κ3) is 4.04. The van der Waals surface area contributed by atoms with E-state index in [1.807, 2.05) is 12.1 Å². The van der Waals surface area contributed by atoms with Crippen molar-refractivity contribution in [2.24, 2.45) is 5.73 Å². The number of nitrogens with one attached hydrogen (secondary N) is 1. The Bertz CT molecular complexity index is 428. The molecule has 1 aliphatic heterocycles. The van der Waals surface area contributed by atoms with Gasteiger partial charge in [0.15, 0.2) is 0 Å². The van der Waals surface area contributed by atoms with Gasteiger partial charge in [0.1, 0.15) is 0 Å². The molecular weight excluding hydrogens is 238 g/mol. The van der Waals surface area contributed by atoms with Crippen LogP contribution >= 0.6 is 0 Å². The number of carbonyl (C=O) groups excluding carboxylic acids is 1. The van der Waals surface area contributed by atoms with Crippen molar-refractivity contribution >= 4 is 11.6 Å². The second-order valence-electron chi connectivity index (χ2n) is 5.61. The zero-order valence-electron chi connectivity index (χ0n) is 11.7. The average molecular weight is 261 g/mol. The van der Waals surface area contributed by atoms with Gasteiger partial charge in [-0.3, -0.25) is 9.69 Å². The van der Waals surface area contributed by atoms with Crippen LogP contribution in [-0.2, 0) is 4.79 Å². The van der Waals surface area contributed by atoms with Crippen LogP contribution in [0.1, 0.15) is 31.7 Å². The third-order valence-corrected chi connectivity index (χ3v) is 3.54. The normalized spacial score (nSPS) is 19.9. The average Bonchev–Trinajstić information content (AvgIpc) is 2.75. The van der Waals surface area contributed by atoms with Crippen molar-refractivity contribution in [1.29, 1.82) is 0 Å². The monoisotopic (exact) mass is 261 g/mol. The molecule has 1 heterocycles. The lowest BCUT2D eigenvalue weighted by molar-refractivity contribution is -0.117. The van der Waals surface area contributed by atoms with Crippen LogP contribution in [0, 0.1) is 0 Å². The lowest BCUT2D eigenvalue weighted by Gasteiger charge is -2.15. The van der Waals surface area contributed by atoms with Gasteiger partial charge in [-0.1, -0.05) is 26.0 Å². The first-order chi connectivity index (χ1) is 9.04. The van der Waals surface area contributed by atoms with E-state index in [4.69, 9.17) is 5.73 Å². The maximum Gasteiger partial charge on any atom is 0.238 e. The summed E-state index contributed by atoms with van der Waals surface area (Å²) in [5, 5.41) is 2.93. The molecule has 19 heavy (non-hydrogen) atoms. The quantitative estimate of drug-likeness (QED) is 0.868. The van der Waals surface area contributed by atoms with Gasteiger partial charge >= 0.3 is 0 Å². The number of hydrogen-bond donors (Lipinski definition) is 2. The van der Waals surface area contributed by atoms with Crippen LogP contribution in [0.5, 0.6) is 0 Å². The van der Waals surface area contributed by atoms with E-state index >= 15 is 0 Å². The molecule has 1 aromatic rings. The van der Waals surface area contributed by atoms with Gasteiger partial charge in [0.2, 0.25) is 5.91 Å². The molecule has 0 unspecified atom stereocenters. The number of rotatable bonds is 4. The lowest BCUT2D eigenvalue weighted by Crippen LogP contribution is -2.33. The number of carbonyl (C=O) groups is 1. The summed E-state index contributed by atoms with van der Waals surface area (Å²) in [7, 11) is 0. The molecule has 1 aliphatic rings. The Morgan fingerprint density at radius 3 is 2.63 bits per heavy atom. The van der Waals surface area contributed by atoms with E-state index in [0.29, 0.717) is 12.5 Å². The minimum absolute atomic E-state index is 0.0337. The number of nitrogens with two attached hydrogens (primary N) is 1. The van der Waals surface area contributed by atoms with Crippen LogP contribution in [0.2, 0.25) is 0 Å². The topological polar surface area (TPSA) is 58.4 Å². The first kappa shape index (κ1) is 14.0. The fraction of sp³-hybridized carbons (Fsp3) is 0.533. The van der Waals surface area contributed by atoms with E-state index in [1.165, 1.54) is 5.56 Å². The summed E-state index contributed by atoms with van der Waals surface area (Å²) in [4.78, 5) is 14.0. The van der Waals surface area contributed by atoms with E-state index in [-0.39, 0.29) is 11.9 Å². The van der Waals surface area contributed by atoms with Crippen LogP contribution in [0.4, 0.5) is 5.69 Å². The summed E-state index contributed by atoms with van der Waals surface area (Å²) in [6.45, 7) is 6.48. The van der Waals surface area contributed by atoms with E-state index in [9.17, 15) is 4.79 Å². The summed E-state index contributed by atoms with van der Waals surface area (Å²) in [5.41, 5.74) is 7.97. The minimum Gasteiger partial charge on any atom is -0.326 e. The molecule has 0 aliphatic carbocycles. The molecule has 0 spiro atoms. The van der Waals surface area contributed by atoms with Crippen molar-refractivity contribution in [3.63, 3.8) is 0 Å². The number of hydrogen-bond acceptors (Lipinski definition) is 3. The van der Waals surface area contributed by atoms with Gasteiger partial charge < -0.3 is 11.1 Å². The summed E-state index contributed by atoms with van der Waals surface area (Å²) in [5.74, 6) is 0.544. The fourth-order valence-electron chi connectivity index (χ4n) is 2.36. The summed E-state index contributed by atoms with van der Waals surface area (Å²) in [6, 6.07) is 8.27. The van der Waals surface area contributed by atoms with Gasteiger partial charge in [0.05, 0.1) is 6.54 Å². The lowest BCUT2D eigenvalue weighted by atomic mass is 10.0. The minimum atomic E-state index is 0.0337. The van der Waals surface area contributed by atoms with Crippen molar-refractivity contribution in [3.8, 4) is 0 Å². The highest BCUT2D eigenvalue weighted by Crippen LogP contribution is 2.17. The van der Waals surface area contributed by atoms with Gasteiger partial charge in [0, 0.05) is 24.8 Å². The van der Waals surface area contributed by atoms with Crippen molar-refractivity contribution in [2.45, 2.75) is 32.2 Å². The second-order valence-corrected chi connectivity index (χ2v) is 5.61. The molecule has 3 N–H and O–H groups in total. The van der Waals surface area contributed by atoms with Crippen LogP contribution < -0.4 is 11.1 Å². The number of amides is 1. The van der Waals surface area contributed by atoms with Crippen LogP contribution in [0.15, 0.2) is 24.3 Å². The number of nitrogens with zero attached hydrogens (tertiary/aromatic N) is 1. The molecule has 0 bridgehead atoms. The van der Waals surface area contributed by atoms with E-state index in [1.54, 1.807) is 0 Å². The Morgan fingerprint density at radius 2 is 2.11 bits per heavy atom. The summed E-state index contributed by atoms with van der Waals surface area (Å²) < 4.78 is 0. The van der Waals surface area contributed by atoms with Crippen molar-refractivity contribution in [2.75, 3.05) is 25.0 Å². The maximum absolute atomic E-state index is 11.9. The van der Waals surface area contributed by atoms with E-state index in [0.717, 1.165) is 25.2 Å². The Hall–Kier alpha value is -1.39. The third-order valence-electron chi connectivity index (χ3n) is 3.54. The van der Waals surface area contributed by atoms with E-state index in [2.05, 4.69) is 36.2 Å². The van der Waals surface area contributed by atoms with Crippen molar-refractivity contribution < 1.29 is 4.79 Å². The Labute approximate surface area is 115 Å². The highest BCUT2D eigenvalue weighted by atomic mass is 16.2. The van der Waals surface area contributed by atoms with Gasteiger partial charge in [-0.05, 0) is 30.0 Å². The standard InChI is InChI=1S/C15H23N3O/c1-11(2)12-3-5-14(6-4-12)17-15(19)10-18-8-7-13(16)9-18/h3-6,11,13H,7-10,16H2,1-2H3,(H,17,19)/t13-/m0/s1. The Balaban J connectivity index is 1.85. The Morgan fingerprint density at radius 1 is 1.42 bits per heavy atom. The predicted octanol–water partition coefficient (Wildman–Crippen LogP) is 1.78. The first-order valence-electron chi connectivity index (χ1n) is 6.92. The molecular formula is C15H23N3O. The molecule has 1 saturated heterocycles. The Kier molecular flexibility index (Phi) is 4.56. The van der Waals surface area contributed by atoms with Gasteiger partial charge in [-0.2, -0.15) is 0 Å². The molecule has 1 amide bonds. The van der Waals surface area contributed by atoms with E-state index < -0.39 is 0 Å². The molecule has 2 rings (SSSR count). The highest BCUT2D eigenvalue weighted by Gasteiger charge is 2.20.